The van der Waals surface area contributed by atoms with Gasteiger partial charge in [-0.2, -0.15) is 0 Å². The average Bonchev–Trinajstić information content (AvgIpc) is 2.64. The Morgan fingerprint density at radius 1 is 0.731 bits per heavy atom. The smallest absolute Gasteiger partial charge is 0.134 e. The lowest BCUT2D eigenvalue weighted by molar-refractivity contribution is 0.467. The molecule has 0 atom stereocenters. The molecule has 0 saturated carbocycles. The first-order valence-electron chi connectivity index (χ1n) is 7.91. The zero-order valence-corrected chi connectivity index (χ0v) is 17.2. The Bertz CT molecular complexity index is 692. The fraction of sp³-hybridized carbons (Fsp3) is 0.222. The van der Waals surface area contributed by atoms with E-state index in [4.69, 9.17) is 24.4 Å². The third-order valence-electron chi connectivity index (χ3n) is 3.38. The first-order chi connectivity index (χ1) is 12.6. The summed E-state index contributed by atoms with van der Waals surface area (Å²) in [6.45, 7) is 1.01. The van der Waals surface area contributed by atoms with Crippen molar-refractivity contribution in [3.05, 3.63) is 59.7 Å². The predicted octanol–water partition coefficient (Wildman–Crippen LogP) is 4.01. The lowest BCUT2D eigenvalue weighted by atomic mass is 10.2. The van der Waals surface area contributed by atoms with Gasteiger partial charge in [0.25, 0.3) is 0 Å². The van der Waals surface area contributed by atoms with Crippen LogP contribution in [0.4, 0.5) is 0 Å². The fourth-order valence-electron chi connectivity index (χ4n) is 2.03. The molecule has 0 fully saturated rings. The molecule has 2 aromatic carbocycles. The minimum Gasteiger partial charge on any atom is -0.508 e. The molecule has 0 saturated heterocycles. The van der Waals surface area contributed by atoms with E-state index in [0.29, 0.717) is 21.7 Å². The van der Waals surface area contributed by atoms with Crippen molar-refractivity contribution in [2.24, 2.45) is 0 Å². The number of thioether (sulfide) groups is 2. The van der Waals surface area contributed by atoms with E-state index in [1.165, 1.54) is 0 Å². The topological polar surface area (TPSA) is 64.5 Å². The molecule has 8 heteroatoms. The van der Waals surface area contributed by atoms with Gasteiger partial charge in [0.05, 0.1) is 0 Å². The van der Waals surface area contributed by atoms with Gasteiger partial charge >= 0.3 is 0 Å². The van der Waals surface area contributed by atoms with E-state index in [1.54, 1.807) is 47.8 Å². The molecule has 138 valence electrons. The van der Waals surface area contributed by atoms with Crippen molar-refractivity contribution >= 4 is 56.6 Å². The van der Waals surface area contributed by atoms with Crippen LogP contribution in [0.15, 0.2) is 48.5 Å². The van der Waals surface area contributed by atoms with Gasteiger partial charge in [-0.3, -0.25) is 0 Å². The fourth-order valence-corrected chi connectivity index (χ4v) is 4.06. The first kappa shape index (κ1) is 20.8. The highest BCUT2D eigenvalue weighted by atomic mass is 32.2. The first-order valence-corrected chi connectivity index (χ1v) is 10.7. The molecule has 0 aliphatic rings. The van der Waals surface area contributed by atoms with E-state index >= 15 is 0 Å². The maximum absolute atomic E-state index is 9.72. The van der Waals surface area contributed by atoms with Crippen LogP contribution in [0.2, 0.25) is 0 Å². The van der Waals surface area contributed by atoms with Gasteiger partial charge in [0.15, 0.2) is 0 Å². The molecule has 26 heavy (non-hydrogen) atoms. The standard InChI is InChI=1S/C18H20N2O2S4/c21-15-7-3-1-5-13(15)11-19-17(23)25-9-10-26-18(24)20-12-14-6-2-4-8-16(14)22/h1-8,21-22H,9-12H2,(H,19,23)(H,20,24). The Morgan fingerprint density at radius 3 is 1.50 bits per heavy atom. The lowest BCUT2D eigenvalue weighted by Crippen LogP contribution is -2.20. The minimum atomic E-state index is 0.268. The number of aromatic hydroxyl groups is 2. The van der Waals surface area contributed by atoms with Crippen LogP contribution in [-0.2, 0) is 13.1 Å². The van der Waals surface area contributed by atoms with E-state index in [-0.39, 0.29) is 11.5 Å². The van der Waals surface area contributed by atoms with Gasteiger partial charge in [0, 0.05) is 35.7 Å². The highest BCUT2D eigenvalue weighted by molar-refractivity contribution is 8.25. The van der Waals surface area contributed by atoms with Gasteiger partial charge in [-0.1, -0.05) is 84.4 Å². The summed E-state index contributed by atoms with van der Waals surface area (Å²) < 4.78 is 1.39. The predicted molar refractivity (Wildman–Crippen MR) is 120 cm³/mol. The minimum absolute atomic E-state index is 0.268. The lowest BCUT2D eigenvalue weighted by Gasteiger charge is -2.10. The number of para-hydroxylation sites is 2. The molecule has 0 aliphatic heterocycles. The van der Waals surface area contributed by atoms with Crippen molar-refractivity contribution in [3.63, 3.8) is 0 Å². The second-order valence-electron chi connectivity index (χ2n) is 5.24. The molecule has 0 unspecified atom stereocenters. The number of hydrogen-bond donors (Lipinski definition) is 4. The zero-order chi connectivity index (χ0) is 18.8. The number of nitrogens with one attached hydrogen (secondary N) is 2. The van der Waals surface area contributed by atoms with Gasteiger partial charge in [0.1, 0.15) is 20.1 Å². The summed E-state index contributed by atoms with van der Waals surface area (Å²) in [5.74, 6) is 2.19. The summed E-state index contributed by atoms with van der Waals surface area (Å²) >= 11 is 13.7. The van der Waals surface area contributed by atoms with Crippen LogP contribution in [0.25, 0.3) is 0 Å². The number of rotatable bonds is 7. The number of phenols is 2. The van der Waals surface area contributed by atoms with Crippen molar-refractivity contribution < 1.29 is 10.2 Å². The number of hydrogen-bond acceptors (Lipinski definition) is 6. The molecule has 2 aromatic rings. The third kappa shape index (κ3) is 7.41. The normalized spacial score (nSPS) is 10.3. The summed E-state index contributed by atoms with van der Waals surface area (Å²) in [7, 11) is 0. The largest absolute Gasteiger partial charge is 0.508 e. The van der Waals surface area contributed by atoms with Crippen molar-refractivity contribution in [1.82, 2.24) is 10.6 Å². The van der Waals surface area contributed by atoms with Crippen molar-refractivity contribution in [2.45, 2.75) is 13.1 Å². The summed E-state index contributed by atoms with van der Waals surface area (Å²) in [6.07, 6.45) is 0. The molecule has 4 N–H and O–H groups in total. The van der Waals surface area contributed by atoms with Crippen LogP contribution in [0.1, 0.15) is 11.1 Å². The van der Waals surface area contributed by atoms with Crippen LogP contribution < -0.4 is 10.6 Å². The van der Waals surface area contributed by atoms with Gasteiger partial charge in [0.2, 0.25) is 0 Å². The number of phenolic OH excluding ortho intramolecular Hbond substituents is 2. The van der Waals surface area contributed by atoms with E-state index in [1.807, 2.05) is 24.3 Å². The van der Waals surface area contributed by atoms with Crippen LogP contribution >= 0.6 is 48.0 Å². The molecule has 0 aromatic heterocycles. The van der Waals surface area contributed by atoms with Crippen molar-refractivity contribution in [1.29, 1.82) is 0 Å². The summed E-state index contributed by atoms with van der Waals surface area (Å²) in [6, 6.07) is 14.4. The molecule has 0 heterocycles. The highest BCUT2D eigenvalue weighted by Crippen LogP contribution is 2.17. The van der Waals surface area contributed by atoms with Crippen LogP contribution in [0.3, 0.4) is 0 Å². The third-order valence-corrected chi connectivity index (χ3v) is 6.26. The van der Waals surface area contributed by atoms with E-state index in [0.717, 1.165) is 22.6 Å². The monoisotopic (exact) mass is 424 g/mol. The van der Waals surface area contributed by atoms with Crippen LogP contribution in [-0.4, -0.2) is 30.4 Å². The Balaban J connectivity index is 1.58. The van der Waals surface area contributed by atoms with Crippen molar-refractivity contribution in [3.8, 4) is 11.5 Å². The molecule has 0 radical (unpaired) electrons. The Morgan fingerprint density at radius 2 is 1.12 bits per heavy atom. The Labute approximate surface area is 172 Å². The van der Waals surface area contributed by atoms with E-state index in [2.05, 4.69) is 10.6 Å². The Kier molecular flexibility index (Phi) is 9.04. The average molecular weight is 425 g/mol. The van der Waals surface area contributed by atoms with Gasteiger partial charge in [-0.15, -0.1) is 0 Å². The summed E-state index contributed by atoms with van der Waals surface area (Å²) in [5, 5.41) is 25.7. The summed E-state index contributed by atoms with van der Waals surface area (Å²) in [5.41, 5.74) is 1.64. The quantitative estimate of drug-likeness (QED) is 0.393. The van der Waals surface area contributed by atoms with E-state index in [9.17, 15) is 10.2 Å². The number of thiocarbonyl (C=S) groups is 2. The van der Waals surface area contributed by atoms with Crippen molar-refractivity contribution in [2.75, 3.05) is 11.5 Å². The van der Waals surface area contributed by atoms with E-state index < -0.39 is 0 Å². The molecule has 4 nitrogen and oxygen atoms in total. The molecule has 0 bridgehead atoms. The molecule has 2 rings (SSSR count). The Hall–Kier alpha value is -1.48. The molecular weight excluding hydrogens is 404 g/mol. The summed E-state index contributed by atoms with van der Waals surface area (Å²) in [4.78, 5) is 0. The maximum Gasteiger partial charge on any atom is 0.134 e. The molecule has 0 amide bonds. The second-order valence-corrected chi connectivity index (χ2v) is 8.78. The van der Waals surface area contributed by atoms with Crippen LogP contribution in [0.5, 0.6) is 11.5 Å². The zero-order valence-electron chi connectivity index (χ0n) is 14.0. The molecule has 0 spiro atoms. The molecule has 0 aliphatic carbocycles. The SMILES string of the molecule is Oc1ccccc1CNC(=S)SCCSC(=S)NCc1ccccc1O. The number of benzene rings is 2. The highest BCUT2D eigenvalue weighted by Gasteiger charge is 2.04. The maximum atomic E-state index is 9.72. The van der Waals surface area contributed by atoms with Gasteiger partial charge in [-0.25, -0.2) is 0 Å². The second kappa shape index (κ2) is 11.3. The van der Waals surface area contributed by atoms with Crippen LogP contribution in [0, 0.1) is 0 Å². The van der Waals surface area contributed by atoms with Gasteiger partial charge in [-0.05, 0) is 12.1 Å². The van der Waals surface area contributed by atoms with Gasteiger partial charge < -0.3 is 20.8 Å². The molecular formula is C18H20N2O2S4.